The summed E-state index contributed by atoms with van der Waals surface area (Å²) in [6.45, 7) is 6.03. The highest BCUT2D eigenvalue weighted by Gasteiger charge is 2.36. The molecule has 140 valence electrons. The first kappa shape index (κ1) is 18.8. The molecule has 0 radical (unpaired) electrons. The minimum atomic E-state index is -0.418. The first-order valence-corrected chi connectivity index (χ1v) is 9.18. The summed E-state index contributed by atoms with van der Waals surface area (Å²) in [4.78, 5) is 38.4. The average Bonchev–Trinajstić information content (AvgIpc) is 3.03. The number of rotatable bonds is 5. The lowest BCUT2D eigenvalue weighted by molar-refractivity contribution is -0.122. The molecule has 1 aliphatic heterocycles. The first-order chi connectivity index (χ1) is 12.9. The second-order valence-electron chi connectivity index (χ2n) is 7.25. The molecule has 1 heterocycles. The third kappa shape index (κ3) is 4.08. The van der Waals surface area contributed by atoms with Gasteiger partial charge in [-0.2, -0.15) is 0 Å². The third-order valence-corrected chi connectivity index (χ3v) is 4.88. The number of carbonyl (C=O) groups is 3. The lowest BCUT2D eigenvalue weighted by atomic mass is 10.0. The van der Waals surface area contributed by atoms with Gasteiger partial charge in [-0.05, 0) is 36.6 Å². The number of nitrogens with zero attached hydrogens (tertiary/aromatic N) is 1. The van der Waals surface area contributed by atoms with Crippen molar-refractivity contribution in [3.05, 3.63) is 59.7 Å². The maximum atomic E-state index is 12.7. The Morgan fingerprint density at radius 2 is 1.85 bits per heavy atom. The van der Waals surface area contributed by atoms with Crippen molar-refractivity contribution in [2.75, 3.05) is 16.8 Å². The molecule has 2 aromatic carbocycles. The van der Waals surface area contributed by atoms with Gasteiger partial charge in [0.15, 0.2) is 5.78 Å². The van der Waals surface area contributed by atoms with Crippen LogP contribution in [0, 0.1) is 5.92 Å². The minimum absolute atomic E-state index is 0.0410. The van der Waals surface area contributed by atoms with Gasteiger partial charge in [0.1, 0.15) is 0 Å². The SMILES string of the molecule is CC(=O)c1cccc(NC(=O)C2CC(=O)N(c3ccccc3C(C)C)C2)c1. The number of carbonyl (C=O) groups excluding carboxylic acids is 3. The fourth-order valence-electron chi connectivity index (χ4n) is 3.40. The van der Waals surface area contributed by atoms with E-state index in [1.165, 1.54) is 6.92 Å². The molecule has 1 fully saturated rings. The molecule has 3 rings (SSSR count). The number of ketones is 1. The zero-order chi connectivity index (χ0) is 19.6. The van der Waals surface area contributed by atoms with Gasteiger partial charge in [0.25, 0.3) is 0 Å². The molecule has 2 amide bonds. The van der Waals surface area contributed by atoms with Crippen molar-refractivity contribution < 1.29 is 14.4 Å². The Balaban J connectivity index is 1.75. The zero-order valence-corrected chi connectivity index (χ0v) is 15.9. The van der Waals surface area contributed by atoms with Crippen molar-refractivity contribution in [1.82, 2.24) is 0 Å². The van der Waals surface area contributed by atoms with Crippen molar-refractivity contribution in [1.29, 1.82) is 0 Å². The van der Waals surface area contributed by atoms with E-state index in [2.05, 4.69) is 19.2 Å². The number of para-hydroxylation sites is 1. The van der Waals surface area contributed by atoms with Gasteiger partial charge in [-0.3, -0.25) is 14.4 Å². The molecule has 1 N–H and O–H groups in total. The predicted molar refractivity (Wildman–Crippen MR) is 106 cm³/mol. The summed E-state index contributed by atoms with van der Waals surface area (Å²) >= 11 is 0. The van der Waals surface area contributed by atoms with Crippen LogP contribution in [0.5, 0.6) is 0 Å². The lowest BCUT2D eigenvalue weighted by Gasteiger charge is -2.22. The number of hydrogen-bond donors (Lipinski definition) is 1. The highest BCUT2D eigenvalue weighted by molar-refractivity contribution is 6.04. The Labute approximate surface area is 159 Å². The topological polar surface area (TPSA) is 66.5 Å². The van der Waals surface area contributed by atoms with E-state index < -0.39 is 5.92 Å². The summed E-state index contributed by atoms with van der Waals surface area (Å²) in [5.74, 6) is -0.428. The van der Waals surface area contributed by atoms with Crippen LogP contribution in [0.4, 0.5) is 11.4 Å². The van der Waals surface area contributed by atoms with E-state index in [-0.39, 0.29) is 29.9 Å². The Morgan fingerprint density at radius 1 is 1.11 bits per heavy atom. The fourth-order valence-corrected chi connectivity index (χ4v) is 3.40. The summed E-state index contributed by atoms with van der Waals surface area (Å²) in [7, 11) is 0. The molecule has 0 aliphatic carbocycles. The van der Waals surface area contributed by atoms with Crippen molar-refractivity contribution in [2.45, 2.75) is 33.1 Å². The lowest BCUT2D eigenvalue weighted by Crippen LogP contribution is -2.29. The first-order valence-electron chi connectivity index (χ1n) is 9.18. The van der Waals surface area contributed by atoms with Crippen LogP contribution in [0.2, 0.25) is 0 Å². The normalized spacial score (nSPS) is 16.7. The minimum Gasteiger partial charge on any atom is -0.326 e. The molecule has 0 aromatic heterocycles. The van der Waals surface area contributed by atoms with E-state index in [1.807, 2.05) is 24.3 Å². The molecule has 1 atom stereocenters. The van der Waals surface area contributed by atoms with Crippen molar-refractivity contribution >= 4 is 29.0 Å². The summed E-state index contributed by atoms with van der Waals surface area (Å²) in [6, 6.07) is 14.7. The van der Waals surface area contributed by atoms with Gasteiger partial charge in [-0.1, -0.05) is 44.2 Å². The number of Topliss-reactive ketones (excluding diaryl/α,β-unsaturated/α-hetero) is 1. The maximum Gasteiger partial charge on any atom is 0.229 e. The van der Waals surface area contributed by atoms with Gasteiger partial charge in [-0.25, -0.2) is 0 Å². The summed E-state index contributed by atoms with van der Waals surface area (Å²) < 4.78 is 0. The van der Waals surface area contributed by atoms with Crippen LogP contribution >= 0.6 is 0 Å². The summed E-state index contributed by atoms with van der Waals surface area (Å²) in [6.07, 6.45) is 0.185. The largest absolute Gasteiger partial charge is 0.326 e. The van der Waals surface area contributed by atoms with Crippen LogP contribution in [-0.4, -0.2) is 24.1 Å². The molecule has 0 spiro atoms. The van der Waals surface area contributed by atoms with Crippen LogP contribution in [0.15, 0.2) is 48.5 Å². The molecule has 0 bridgehead atoms. The quantitative estimate of drug-likeness (QED) is 0.816. The molecular formula is C22H24N2O3. The van der Waals surface area contributed by atoms with Crippen molar-refractivity contribution in [2.24, 2.45) is 5.92 Å². The standard InChI is InChI=1S/C22H24N2O3/c1-14(2)19-9-4-5-10-20(19)24-13-17(12-21(24)26)22(27)23-18-8-6-7-16(11-18)15(3)25/h4-11,14,17H,12-13H2,1-3H3,(H,23,27). The van der Waals surface area contributed by atoms with Gasteiger partial charge >= 0.3 is 0 Å². The van der Waals surface area contributed by atoms with Crippen molar-refractivity contribution in [3.63, 3.8) is 0 Å². The molecule has 1 unspecified atom stereocenters. The van der Waals surface area contributed by atoms with Crippen LogP contribution < -0.4 is 10.2 Å². The summed E-state index contributed by atoms with van der Waals surface area (Å²) in [5, 5.41) is 2.84. The third-order valence-electron chi connectivity index (χ3n) is 4.88. The second kappa shape index (κ2) is 7.74. The predicted octanol–water partition coefficient (Wildman–Crippen LogP) is 4.00. The maximum absolute atomic E-state index is 12.7. The number of hydrogen-bond acceptors (Lipinski definition) is 3. The molecule has 1 saturated heterocycles. The smallest absolute Gasteiger partial charge is 0.229 e. The van der Waals surface area contributed by atoms with Crippen LogP contribution in [-0.2, 0) is 9.59 Å². The Kier molecular flexibility index (Phi) is 5.40. The van der Waals surface area contributed by atoms with Gasteiger partial charge < -0.3 is 10.2 Å². The molecule has 27 heavy (non-hydrogen) atoms. The van der Waals surface area contributed by atoms with Gasteiger partial charge in [-0.15, -0.1) is 0 Å². The van der Waals surface area contributed by atoms with Crippen LogP contribution in [0.25, 0.3) is 0 Å². The number of nitrogens with one attached hydrogen (secondary N) is 1. The van der Waals surface area contributed by atoms with E-state index in [9.17, 15) is 14.4 Å². The van der Waals surface area contributed by atoms with Gasteiger partial charge in [0, 0.05) is 29.9 Å². The van der Waals surface area contributed by atoms with E-state index in [1.54, 1.807) is 29.2 Å². The molecule has 2 aromatic rings. The fraction of sp³-hybridized carbons (Fsp3) is 0.318. The van der Waals surface area contributed by atoms with Crippen LogP contribution in [0.3, 0.4) is 0 Å². The summed E-state index contributed by atoms with van der Waals surface area (Å²) in [5.41, 5.74) is 3.09. The number of amides is 2. The highest BCUT2D eigenvalue weighted by atomic mass is 16.2. The Morgan fingerprint density at radius 3 is 2.56 bits per heavy atom. The number of benzene rings is 2. The Bertz CT molecular complexity index is 889. The van der Waals surface area contributed by atoms with Gasteiger partial charge in [0.2, 0.25) is 11.8 Å². The number of anilines is 2. The molecule has 5 nitrogen and oxygen atoms in total. The monoisotopic (exact) mass is 364 g/mol. The van der Waals surface area contributed by atoms with E-state index >= 15 is 0 Å². The highest BCUT2D eigenvalue weighted by Crippen LogP contribution is 2.32. The molecule has 5 heteroatoms. The Hall–Kier alpha value is -2.95. The van der Waals surface area contributed by atoms with E-state index in [0.29, 0.717) is 17.8 Å². The second-order valence-corrected chi connectivity index (χ2v) is 7.25. The molecule has 0 saturated carbocycles. The zero-order valence-electron chi connectivity index (χ0n) is 15.9. The molecular weight excluding hydrogens is 340 g/mol. The average molecular weight is 364 g/mol. The van der Waals surface area contributed by atoms with Crippen LogP contribution in [0.1, 0.15) is 49.0 Å². The van der Waals surface area contributed by atoms with Crippen molar-refractivity contribution in [3.8, 4) is 0 Å². The van der Waals surface area contributed by atoms with E-state index in [4.69, 9.17) is 0 Å². The van der Waals surface area contributed by atoms with E-state index in [0.717, 1.165) is 11.3 Å². The molecule has 1 aliphatic rings. The van der Waals surface area contributed by atoms with Gasteiger partial charge in [0.05, 0.1) is 5.92 Å².